The number of fused-ring (bicyclic) bond motifs is 1. The van der Waals surface area contributed by atoms with Crippen molar-refractivity contribution in [2.24, 2.45) is 10.2 Å². The number of rotatable bonds is 6. The zero-order valence-electron chi connectivity index (χ0n) is 18.9. The lowest BCUT2D eigenvalue weighted by atomic mass is 10.2. The number of aromatic amines is 1. The smallest absolute Gasteiger partial charge is 0.273 e. The Hall–Kier alpha value is -5.26. The van der Waals surface area contributed by atoms with Crippen LogP contribution in [0.4, 0.5) is 11.6 Å². The van der Waals surface area contributed by atoms with Crippen molar-refractivity contribution in [2.45, 2.75) is 13.0 Å². The molecule has 0 bridgehead atoms. The van der Waals surface area contributed by atoms with Gasteiger partial charge in [0, 0.05) is 6.20 Å². The average molecular weight is 481 g/mol. The number of aromatic nitrogens is 6. The quantitative estimate of drug-likeness (QED) is 0.247. The summed E-state index contributed by atoms with van der Waals surface area (Å²) in [6, 6.07) is 16.8. The van der Waals surface area contributed by atoms with E-state index in [4.69, 9.17) is 0 Å². The molecule has 1 amide bonds. The fraction of sp³-hybridized carbons (Fsp3) is 0.0833. The number of nitrogens with one attached hydrogen (secondary N) is 2. The van der Waals surface area contributed by atoms with Gasteiger partial charge in [-0.2, -0.15) is 14.8 Å². The van der Waals surface area contributed by atoms with E-state index in [-0.39, 0.29) is 23.2 Å². The molecule has 3 N–H and O–H groups in total. The number of carbonyl (C=O) groups excluding carboxylic acids is 1. The Morgan fingerprint density at radius 3 is 2.64 bits per heavy atom. The molecule has 0 spiro atoms. The second-order valence-electron chi connectivity index (χ2n) is 7.65. The Kier molecular flexibility index (Phi) is 5.97. The van der Waals surface area contributed by atoms with Gasteiger partial charge >= 0.3 is 0 Å². The fourth-order valence-electron chi connectivity index (χ4n) is 3.46. The average Bonchev–Trinajstić information content (AvgIpc) is 3.26. The molecule has 5 rings (SSSR count). The maximum absolute atomic E-state index is 13.3. The van der Waals surface area contributed by atoms with Gasteiger partial charge in [-0.3, -0.25) is 9.59 Å². The summed E-state index contributed by atoms with van der Waals surface area (Å²) < 4.78 is 1.38. The minimum atomic E-state index is -1.38. The lowest BCUT2D eigenvalue weighted by Gasteiger charge is -2.13. The van der Waals surface area contributed by atoms with Crippen molar-refractivity contribution in [2.75, 3.05) is 5.32 Å². The van der Waals surface area contributed by atoms with E-state index in [1.165, 1.54) is 16.8 Å². The predicted molar refractivity (Wildman–Crippen MR) is 130 cm³/mol. The van der Waals surface area contributed by atoms with Crippen LogP contribution in [0.15, 0.2) is 87.9 Å². The molecule has 5 aromatic rings. The number of H-pyrrole nitrogens is 1. The summed E-state index contributed by atoms with van der Waals surface area (Å²) >= 11 is 0. The molecule has 0 saturated carbocycles. The maximum atomic E-state index is 13.3. The first kappa shape index (κ1) is 22.5. The Morgan fingerprint density at radius 2 is 1.83 bits per heavy atom. The van der Waals surface area contributed by atoms with E-state index in [0.717, 1.165) is 0 Å². The van der Waals surface area contributed by atoms with E-state index >= 15 is 0 Å². The minimum Gasteiger partial charge on any atom is -0.506 e. The van der Waals surface area contributed by atoms with Crippen LogP contribution in [0.3, 0.4) is 0 Å². The molecule has 0 radical (unpaired) electrons. The highest BCUT2D eigenvalue weighted by atomic mass is 16.3. The summed E-state index contributed by atoms with van der Waals surface area (Å²) in [6.07, 6.45) is 1.60. The number of phenolic OH excluding ortho intramolecular Hbond substituents is 1. The summed E-state index contributed by atoms with van der Waals surface area (Å²) in [5.41, 5.74) is 0.122. The number of aryl methyl sites for hydroxylation is 1. The number of benzene rings is 2. The minimum absolute atomic E-state index is 0.0315. The van der Waals surface area contributed by atoms with Gasteiger partial charge in [-0.25, -0.2) is 9.97 Å². The Morgan fingerprint density at radius 1 is 1.06 bits per heavy atom. The van der Waals surface area contributed by atoms with Crippen molar-refractivity contribution in [1.82, 2.24) is 29.7 Å². The molecule has 12 nitrogen and oxygen atoms in total. The van der Waals surface area contributed by atoms with Gasteiger partial charge in [-0.05, 0) is 43.3 Å². The van der Waals surface area contributed by atoms with Gasteiger partial charge in [-0.1, -0.05) is 30.3 Å². The van der Waals surface area contributed by atoms with E-state index in [2.05, 4.69) is 40.6 Å². The Balaban J connectivity index is 1.58. The molecule has 3 heterocycles. The van der Waals surface area contributed by atoms with E-state index in [0.29, 0.717) is 22.5 Å². The van der Waals surface area contributed by atoms with Gasteiger partial charge in [0.1, 0.15) is 17.4 Å². The predicted octanol–water partition coefficient (Wildman–Crippen LogP) is 3.38. The number of hydrogen-bond acceptors (Lipinski definition) is 9. The summed E-state index contributed by atoms with van der Waals surface area (Å²) in [7, 11) is 0. The molecule has 0 aliphatic heterocycles. The molecule has 178 valence electrons. The molecule has 36 heavy (non-hydrogen) atoms. The number of amides is 1. The van der Waals surface area contributed by atoms with Crippen molar-refractivity contribution in [3.63, 3.8) is 0 Å². The van der Waals surface area contributed by atoms with E-state index in [1.54, 1.807) is 67.7 Å². The molecule has 1 atom stereocenters. The van der Waals surface area contributed by atoms with Crippen LogP contribution < -0.4 is 10.9 Å². The first-order chi connectivity index (χ1) is 17.5. The van der Waals surface area contributed by atoms with Gasteiger partial charge in [0.25, 0.3) is 17.4 Å². The van der Waals surface area contributed by atoms with Crippen molar-refractivity contribution < 1.29 is 9.90 Å². The molecule has 0 aliphatic rings. The molecule has 0 fully saturated rings. The SMILES string of the molecule is Cc1nc(N=NC(C(=O)Nc2ccccc2O)c2nc3ccccc3c(=O)[nH]2)n(-c2ccccn2)n1. The van der Waals surface area contributed by atoms with Crippen molar-refractivity contribution >= 4 is 28.4 Å². The first-order valence-corrected chi connectivity index (χ1v) is 10.8. The van der Waals surface area contributed by atoms with Crippen LogP contribution in [0.2, 0.25) is 0 Å². The van der Waals surface area contributed by atoms with E-state index < -0.39 is 17.5 Å². The maximum Gasteiger partial charge on any atom is 0.273 e. The third-order valence-corrected chi connectivity index (χ3v) is 5.13. The van der Waals surface area contributed by atoms with Crippen molar-refractivity contribution in [1.29, 1.82) is 0 Å². The normalized spacial score (nSPS) is 12.1. The fourth-order valence-corrected chi connectivity index (χ4v) is 3.46. The third-order valence-electron chi connectivity index (χ3n) is 5.13. The highest BCUT2D eigenvalue weighted by Gasteiger charge is 2.25. The number of aromatic hydroxyl groups is 1. The highest BCUT2D eigenvalue weighted by molar-refractivity contribution is 5.96. The number of phenols is 1. The molecule has 3 aromatic heterocycles. The number of carbonyl (C=O) groups is 1. The van der Waals surface area contributed by atoms with Crippen LogP contribution in [-0.4, -0.2) is 40.7 Å². The number of anilines is 1. The summed E-state index contributed by atoms with van der Waals surface area (Å²) in [5, 5.41) is 25.7. The van der Waals surface area contributed by atoms with Crippen molar-refractivity contribution in [3.8, 4) is 11.6 Å². The van der Waals surface area contributed by atoms with Crippen LogP contribution >= 0.6 is 0 Å². The second-order valence-corrected chi connectivity index (χ2v) is 7.65. The number of para-hydroxylation sites is 3. The highest BCUT2D eigenvalue weighted by Crippen LogP contribution is 2.26. The molecule has 0 aliphatic carbocycles. The van der Waals surface area contributed by atoms with Crippen LogP contribution in [-0.2, 0) is 4.79 Å². The number of azo groups is 1. The summed E-state index contributed by atoms with van der Waals surface area (Å²) in [6.45, 7) is 1.68. The van der Waals surface area contributed by atoms with Crippen molar-refractivity contribution in [3.05, 3.63) is 94.9 Å². The second kappa shape index (κ2) is 9.54. The number of pyridine rings is 1. The van der Waals surface area contributed by atoms with E-state index in [1.807, 2.05) is 0 Å². The molecule has 1 unspecified atom stereocenters. The molecular weight excluding hydrogens is 462 g/mol. The monoisotopic (exact) mass is 481 g/mol. The van der Waals surface area contributed by atoms with Gasteiger partial charge in [0.15, 0.2) is 5.82 Å². The van der Waals surface area contributed by atoms with Gasteiger partial charge in [0.05, 0.1) is 16.6 Å². The van der Waals surface area contributed by atoms with Gasteiger partial charge in [0.2, 0.25) is 6.04 Å². The van der Waals surface area contributed by atoms with E-state index in [9.17, 15) is 14.7 Å². The largest absolute Gasteiger partial charge is 0.506 e. The zero-order chi connectivity index (χ0) is 25.1. The summed E-state index contributed by atoms with van der Waals surface area (Å²) in [4.78, 5) is 41.5. The first-order valence-electron chi connectivity index (χ1n) is 10.8. The molecule has 12 heteroatoms. The van der Waals surface area contributed by atoms with Crippen LogP contribution in [0.25, 0.3) is 16.7 Å². The number of nitrogens with zero attached hydrogens (tertiary/aromatic N) is 7. The molecular formula is C24H19N9O3. The van der Waals surface area contributed by atoms with Crippen LogP contribution in [0, 0.1) is 6.92 Å². The summed E-state index contributed by atoms with van der Waals surface area (Å²) in [5.74, 6) is 0.110. The number of hydrogen-bond donors (Lipinski definition) is 3. The van der Waals surface area contributed by atoms with Gasteiger partial charge < -0.3 is 15.4 Å². The van der Waals surface area contributed by atoms with Gasteiger partial charge in [-0.15, -0.1) is 10.2 Å². The standard InChI is InChI=1S/C24H19N9O3/c1-14-26-24(33(32-14)19-12-6-7-13-25-19)31-30-20(23(36)28-17-10-4-5-11-18(17)34)21-27-16-9-3-2-8-15(16)22(35)29-21/h2-13,20,34H,1H3,(H,28,36)(H,27,29,35). The zero-order valence-corrected chi connectivity index (χ0v) is 18.9. The lowest BCUT2D eigenvalue weighted by Crippen LogP contribution is -2.24. The Bertz CT molecular complexity index is 1640. The van der Waals surface area contributed by atoms with Crippen LogP contribution in [0.1, 0.15) is 17.7 Å². The molecule has 0 saturated heterocycles. The topological polar surface area (TPSA) is 163 Å². The Labute approximate surface area is 203 Å². The van der Waals surface area contributed by atoms with Crippen LogP contribution in [0.5, 0.6) is 5.75 Å². The third kappa shape index (κ3) is 4.55. The molecule has 2 aromatic carbocycles. The lowest BCUT2D eigenvalue weighted by molar-refractivity contribution is -0.117.